The Bertz CT molecular complexity index is 52.4. The van der Waals surface area contributed by atoms with Crippen LogP contribution in [0.4, 0.5) is 0 Å². The van der Waals surface area contributed by atoms with E-state index in [0.29, 0.717) is 0 Å². The van der Waals surface area contributed by atoms with Crippen molar-refractivity contribution in [3.8, 4) is 5.97 Å². The lowest BCUT2D eigenvalue weighted by Crippen LogP contribution is -3.02. The zero-order valence-corrected chi connectivity index (χ0v) is 4.45. The highest BCUT2D eigenvalue weighted by molar-refractivity contribution is 6.20. The van der Waals surface area contributed by atoms with Gasteiger partial charge in [-0.3, -0.25) is 5.26 Å². The predicted molar refractivity (Wildman–Crippen MR) is 34.3 cm³/mol. The molecule has 0 spiro atoms. The number of nitrogens with one attached hydrogen (secondary N) is 1. The van der Waals surface area contributed by atoms with Crippen LogP contribution < -0.4 is 4.90 Å². The molecule has 2 nitrogen and oxygen atoms in total. The SMILES string of the molecule is C[NH+](C)C.[BH3-]C#N. The number of nitrogens with zero attached hydrogens (tertiary/aromatic N) is 1. The fraction of sp³-hybridized carbons (Fsp3) is 0.750. The van der Waals surface area contributed by atoms with Crippen LogP contribution in [0.5, 0.6) is 0 Å². The molecule has 0 fully saturated rings. The zero-order chi connectivity index (χ0) is 6.28. The summed E-state index contributed by atoms with van der Waals surface area (Å²) < 4.78 is 0. The molecule has 0 aromatic heterocycles. The molecular formula is C4H13BN2. The Hall–Kier alpha value is -0.485. The second-order valence-electron chi connectivity index (χ2n) is 1.50. The maximum atomic E-state index is 7.43. The van der Waals surface area contributed by atoms with Gasteiger partial charge in [-0.05, 0) is 0 Å². The number of hydrogen-bond donors (Lipinski definition) is 1. The van der Waals surface area contributed by atoms with Crippen LogP contribution in [0.2, 0.25) is 0 Å². The summed E-state index contributed by atoms with van der Waals surface area (Å²) in [5, 5.41) is 7.43. The molecule has 0 bridgehead atoms. The highest BCUT2D eigenvalue weighted by atomic mass is 15.0. The van der Waals surface area contributed by atoms with Crippen molar-refractivity contribution in [3.63, 3.8) is 0 Å². The van der Waals surface area contributed by atoms with Gasteiger partial charge in [-0.1, -0.05) is 0 Å². The molecule has 0 saturated heterocycles. The van der Waals surface area contributed by atoms with Crippen molar-refractivity contribution in [2.24, 2.45) is 0 Å². The summed E-state index contributed by atoms with van der Waals surface area (Å²) in [4.78, 5) is 1.42. The molecule has 7 heavy (non-hydrogen) atoms. The van der Waals surface area contributed by atoms with E-state index >= 15 is 0 Å². The maximum Gasteiger partial charge on any atom is 0.0661 e. The van der Waals surface area contributed by atoms with Gasteiger partial charge >= 0.3 is 0 Å². The van der Waals surface area contributed by atoms with Gasteiger partial charge in [0.15, 0.2) is 0 Å². The first-order valence-corrected chi connectivity index (χ1v) is 1.72. The Morgan fingerprint density at radius 3 is 1.43 bits per heavy atom. The second kappa shape index (κ2) is 9.10. The normalized spacial score (nSPS) is 6.29. The van der Waals surface area contributed by atoms with Crippen molar-refractivity contribution in [1.29, 1.82) is 5.26 Å². The predicted octanol–water partition coefficient (Wildman–Crippen LogP) is -2.41. The van der Waals surface area contributed by atoms with Gasteiger partial charge in [0.1, 0.15) is 0 Å². The quantitative estimate of drug-likeness (QED) is 0.337. The van der Waals surface area contributed by atoms with Gasteiger partial charge in [0, 0.05) is 0 Å². The van der Waals surface area contributed by atoms with Crippen LogP contribution >= 0.6 is 0 Å². The highest BCUT2D eigenvalue weighted by Gasteiger charge is 1.61. The molecule has 0 aromatic carbocycles. The van der Waals surface area contributed by atoms with Gasteiger partial charge in [-0.25, -0.2) is 0 Å². The molecule has 0 aliphatic carbocycles. The summed E-state index contributed by atoms with van der Waals surface area (Å²) in [6.07, 6.45) is 0. The average molecular weight is 100.0 g/mol. The Balaban J connectivity index is 0. The first-order valence-electron chi connectivity index (χ1n) is 1.72. The molecule has 0 saturated carbocycles. The van der Waals surface area contributed by atoms with Crippen LogP contribution in [0.3, 0.4) is 0 Å². The molecule has 0 aliphatic rings. The van der Waals surface area contributed by atoms with Crippen molar-refractivity contribution < 1.29 is 4.90 Å². The standard InChI is InChI=1S/C3H9N.CH3BN/c1-4(2)3;2-1-3/h1-3H3;2H3/q;-1/p+1. The Labute approximate surface area is 46.1 Å². The maximum absolute atomic E-state index is 7.43. The Kier molecular flexibility index (Phi) is 12.6. The molecular weight excluding hydrogens is 86.9 g/mol. The molecule has 0 aromatic rings. The largest absolute Gasteiger partial charge is 0.342 e. The third kappa shape index (κ3) is 290. The topological polar surface area (TPSA) is 28.2 Å². The summed E-state index contributed by atoms with van der Waals surface area (Å²) >= 11 is 0. The summed E-state index contributed by atoms with van der Waals surface area (Å²) in [6, 6.07) is 0. The van der Waals surface area contributed by atoms with Gasteiger partial charge < -0.3 is 4.90 Å². The van der Waals surface area contributed by atoms with Crippen LogP contribution in [0, 0.1) is 11.2 Å². The van der Waals surface area contributed by atoms with Crippen LogP contribution in [0.25, 0.3) is 0 Å². The molecule has 0 atom stereocenters. The van der Waals surface area contributed by atoms with Crippen molar-refractivity contribution in [1.82, 2.24) is 0 Å². The van der Waals surface area contributed by atoms with E-state index in [-0.39, 0.29) is 7.85 Å². The minimum atomic E-state index is 0.0694. The molecule has 1 N–H and O–H groups in total. The van der Waals surface area contributed by atoms with Crippen LogP contribution in [-0.4, -0.2) is 29.0 Å². The lowest BCUT2D eigenvalue weighted by molar-refractivity contribution is -0.836. The average Bonchev–Trinajstić information content (AvgIpc) is 1.33. The van der Waals surface area contributed by atoms with Crippen molar-refractivity contribution in [3.05, 3.63) is 0 Å². The minimum absolute atomic E-state index is 0.0694. The summed E-state index contributed by atoms with van der Waals surface area (Å²) in [5.74, 6) is 2.00. The van der Waals surface area contributed by atoms with Crippen LogP contribution in [0.1, 0.15) is 0 Å². The van der Waals surface area contributed by atoms with Gasteiger partial charge in [0.05, 0.1) is 29.0 Å². The summed E-state index contributed by atoms with van der Waals surface area (Å²) in [7, 11) is 6.32. The van der Waals surface area contributed by atoms with E-state index in [1.165, 1.54) is 4.90 Å². The summed E-state index contributed by atoms with van der Waals surface area (Å²) in [5.41, 5.74) is 0. The van der Waals surface area contributed by atoms with E-state index in [2.05, 4.69) is 21.1 Å². The van der Waals surface area contributed by atoms with Crippen LogP contribution in [-0.2, 0) is 0 Å². The number of rotatable bonds is 0. The molecule has 0 radical (unpaired) electrons. The van der Waals surface area contributed by atoms with E-state index in [9.17, 15) is 0 Å². The number of hydrogen-bond acceptors (Lipinski definition) is 1. The molecule has 0 heterocycles. The van der Waals surface area contributed by atoms with Crippen molar-refractivity contribution >= 4 is 7.85 Å². The number of quaternary nitrogens is 1. The molecule has 0 aliphatic heterocycles. The third-order valence-electron chi connectivity index (χ3n) is 0. The fourth-order valence-electron chi connectivity index (χ4n) is 0. The van der Waals surface area contributed by atoms with E-state index < -0.39 is 0 Å². The lowest BCUT2D eigenvalue weighted by atomic mass is 10.2. The molecule has 0 amide bonds. The smallest absolute Gasteiger partial charge is 0.0661 e. The molecule has 3 heteroatoms. The van der Waals surface area contributed by atoms with Gasteiger partial charge in [-0.15, -0.1) is 0 Å². The molecule has 0 unspecified atom stereocenters. The lowest BCUT2D eigenvalue weighted by Gasteiger charge is -1.88. The van der Waals surface area contributed by atoms with Gasteiger partial charge in [-0.2, -0.15) is 5.97 Å². The Morgan fingerprint density at radius 1 is 1.43 bits per heavy atom. The van der Waals surface area contributed by atoms with E-state index in [1.54, 1.807) is 0 Å². The van der Waals surface area contributed by atoms with Gasteiger partial charge in [0.2, 0.25) is 0 Å². The first kappa shape index (κ1) is 9.72. The molecule has 0 rings (SSSR count). The van der Waals surface area contributed by atoms with E-state index in [4.69, 9.17) is 5.26 Å². The van der Waals surface area contributed by atoms with Crippen molar-refractivity contribution in [2.75, 3.05) is 21.1 Å². The zero-order valence-electron chi connectivity index (χ0n) is 4.45. The van der Waals surface area contributed by atoms with E-state index in [1.807, 2.05) is 5.97 Å². The van der Waals surface area contributed by atoms with E-state index in [0.717, 1.165) is 0 Å². The summed E-state index contributed by atoms with van der Waals surface area (Å²) in [6.45, 7) is 0. The van der Waals surface area contributed by atoms with Crippen LogP contribution in [0.15, 0.2) is 0 Å². The fourth-order valence-corrected chi connectivity index (χ4v) is 0. The van der Waals surface area contributed by atoms with Gasteiger partial charge in [0.25, 0.3) is 0 Å². The monoisotopic (exact) mass is 100 g/mol. The van der Waals surface area contributed by atoms with Crippen molar-refractivity contribution in [2.45, 2.75) is 0 Å². The third-order valence-corrected chi connectivity index (χ3v) is 0. The first-order chi connectivity index (χ1) is 3.15. The highest BCUT2D eigenvalue weighted by Crippen LogP contribution is 1.04. The number of nitriles is 1. The second-order valence-corrected chi connectivity index (χ2v) is 1.50. The minimum Gasteiger partial charge on any atom is -0.342 e. The Morgan fingerprint density at radius 2 is 1.43 bits per heavy atom. The molecule has 42 valence electrons.